The van der Waals surface area contributed by atoms with Gasteiger partial charge in [-0.3, -0.25) is 14.2 Å². The third-order valence-corrected chi connectivity index (χ3v) is 4.18. The van der Waals surface area contributed by atoms with Crippen molar-refractivity contribution in [2.24, 2.45) is 0 Å². The first-order chi connectivity index (χ1) is 11.1. The van der Waals surface area contributed by atoms with E-state index in [0.29, 0.717) is 30.0 Å². The summed E-state index contributed by atoms with van der Waals surface area (Å²) < 4.78 is 1.59. The lowest BCUT2D eigenvalue weighted by atomic mass is 10.0. The summed E-state index contributed by atoms with van der Waals surface area (Å²) >= 11 is 0. The zero-order valence-corrected chi connectivity index (χ0v) is 13.2. The van der Waals surface area contributed by atoms with Gasteiger partial charge in [0.25, 0.3) is 11.5 Å². The smallest absolute Gasteiger partial charge is 0.276 e. The first kappa shape index (κ1) is 15.2. The maximum absolute atomic E-state index is 12.9. The number of amides is 1. The van der Waals surface area contributed by atoms with Gasteiger partial charge < -0.3 is 10.6 Å². The van der Waals surface area contributed by atoms with Gasteiger partial charge in [-0.1, -0.05) is 20.3 Å². The predicted molar refractivity (Wildman–Crippen MR) is 86.7 cm³/mol. The second kappa shape index (κ2) is 5.83. The van der Waals surface area contributed by atoms with E-state index in [0.717, 1.165) is 6.42 Å². The number of anilines is 2. The van der Waals surface area contributed by atoms with Gasteiger partial charge in [-0.2, -0.15) is 0 Å². The van der Waals surface area contributed by atoms with Crippen LogP contribution in [0.3, 0.4) is 0 Å². The van der Waals surface area contributed by atoms with Gasteiger partial charge in [-0.05, 0) is 31.0 Å². The van der Waals surface area contributed by atoms with Gasteiger partial charge in [-0.25, -0.2) is 9.97 Å². The average molecular weight is 313 g/mol. The molecule has 1 unspecified atom stereocenters. The van der Waals surface area contributed by atoms with Crippen LogP contribution in [0.5, 0.6) is 0 Å². The molecule has 2 aromatic heterocycles. The Morgan fingerprint density at radius 3 is 2.74 bits per heavy atom. The highest BCUT2D eigenvalue weighted by Crippen LogP contribution is 2.30. The van der Waals surface area contributed by atoms with Crippen molar-refractivity contribution in [3.63, 3.8) is 0 Å². The largest absolute Gasteiger partial charge is 0.336 e. The van der Waals surface area contributed by atoms with Gasteiger partial charge in [0.15, 0.2) is 0 Å². The van der Waals surface area contributed by atoms with Crippen LogP contribution in [0.15, 0.2) is 35.5 Å². The molecule has 2 aromatic rings. The van der Waals surface area contributed by atoms with Crippen molar-refractivity contribution < 1.29 is 4.79 Å². The number of carbonyl (C=O) groups excluding carboxylic acids is 1. The van der Waals surface area contributed by atoms with Gasteiger partial charge in [0.1, 0.15) is 29.2 Å². The summed E-state index contributed by atoms with van der Waals surface area (Å²) in [5, 5.41) is 5.98. The molecule has 120 valence electrons. The van der Waals surface area contributed by atoms with Crippen molar-refractivity contribution >= 4 is 17.4 Å². The fourth-order valence-electron chi connectivity index (χ4n) is 3.08. The second-order valence-corrected chi connectivity index (χ2v) is 5.58. The van der Waals surface area contributed by atoms with E-state index in [4.69, 9.17) is 0 Å². The molecular weight excluding hydrogens is 294 g/mol. The molecule has 0 radical (unpaired) electrons. The number of hydrogen-bond donors (Lipinski definition) is 2. The van der Waals surface area contributed by atoms with Crippen molar-refractivity contribution in [1.29, 1.82) is 0 Å². The number of nitrogens with zero attached hydrogens (tertiary/aromatic N) is 3. The molecule has 3 heterocycles. The van der Waals surface area contributed by atoms with Crippen LogP contribution < -0.4 is 16.2 Å². The van der Waals surface area contributed by atoms with Crippen molar-refractivity contribution in [2.45, 2.75) is 38.8 Å². The van der Waals surface area contributed by atoms with E-state index in [9.17, 15) is 9.59 Å². The molecule has 2 N–H and O–H groups in total. The molecule has 0 saturated heterocycles. The van der Waals surface area contributed by atoms with Crippen molar-refractivity contribution in [1.82, 2.24) is 19.9 Å². The van der Waals surface area contributed by atoms with Crippen LogP contribution in [-0.2, 0) is 5.66 Å². The maximum Gasteiger partial charge on any atom is 0.276 e. The van der Waals surface area contributed by atoms with Crippen molar-refractivity contribution in [2.75, 3.05) is 5.32 Å². The van der Waals surface area contributed by atoms with Crippen LogP contribution in [0.25, 0.3) is 0 Å². The Balaban J connectivity index is 2.09. The number of pyridine rings is 1. The van der Waals surface area contributed by atoms with Crippen LogP contribution in [0.4, 0.5) is 11.5 Å². The van der Waals surface area contributed by atoms with E-state index in [1.807, 2.05) is 13.8 Å². The summed E-state index contributed by atoms with van der Waals surface area (Å²) in [7, 11) is 0. The van der Waals surface area contributed by atoms with Crippen LogP contribution in [0.1, 0.15) is 43.6 Å². The summed E-state index contributed by atoms with van der Waals surface area (Å²) in [5.74, 6) is 0.332. The minimum absolute atomic E-state index is 0.203. The van der Waals surface area contributed by atoms with Gasteiger partial charge in [0.2, 0.25) is 0 Å². The summed E-state index contributed by atoms with van der Waals surface area (Å²) in [6.45, 7) is 4.01. The minimum Gasteiger partial charge on any atom is -0.336 e. The van der Waals surface area contributed by atoms with Gasteiger partial charge in [0, 0.05) is 6.20 Å². The Kier molecular flexibility index (Phi) is 3.85. The van der Waals surface area contributed by atoms with Crippen molar-refractivity contribution in [3.8, 4) is 0 Å². The molecule has 0 bridgehead atoms. The third-order valence-electron chi connectivity index (χ3n) is 4.18. The number of hydrogen-bond acceptors (Lipinski definition) is 5. The topological polar surface area (TPSA) is 88.9 Å². The number of carbonyl (C=O) groups is 1. The predicted octanol–water partition coefficient (Wildman–Crippen LogP) is 1.99. The molecule has 7 heteroatoms. The van der Waals surface area contributed by atoms with Crippen LogP contribution in [0.2, 0.25) is 0 Å². The van der Waals surface area contributed by atoms with Crippen molar-refractivity contribution in [3.05, 3.63) is 46.8 Å². The molecule has 23 heavy (non-hydrogen) atoms. The quantitative estimate of drug-likeness (QED) is 0.881. The lowest BCUT2D eigenvalue weighted by Crippen LogP contribution is -2.47. The van der Waals surface area contributed by atoms with E-state index >= 15 is 0 Å². The average Bonchev–Trinajstić information content (AvgIpc) is 2.85. The summed E-state index contributed by atoms with van der Waals surface area (Å²) in [5.41, 5.74) is -0.0899. The minimum atomic E-state index is -0.651. The zero-order valence-electron chi connectivity index (χ0n) is 13.2. The third kappa shape index (κ3) is 2.48. The molecule has 0 fully saturated rings. The molecule has 1 atom stereocenters. The van der Waals surface area contributed by atoms with Gasteiger partial charge in [-0.15, -0.1) is 0 Å². The van der Waals surface area contributed by atoms with Crippen LogP contribution in [0, 0.1) is 0 Å². The standard InChI is InChI=1S/C16H19N5O2/c1-3-8-16(4-2)20-14(22)12-6-5-11(15(23)21(12)16)19-13-7-9-17-10-18-13/h5-7,9-10H,3-4,8H2,1-2H3,(H,20,22)(H,17,18,19). The summed E-state index contributed by atoms with van der Waals surface area (Å²) in [6, 6.07) is 4.97. The zero-order chi connectivity index (χ0) is 16.4. The highest BCUT2D eigenvalue weighted by Gasteiger charge is 2.41. The normalized spacial score (nSPS) is 19.3. The monoisotopic (exact) mass is 313 g/mol. The fourth-order valence-corrected chi connectivity index (χ4v) is 3.08. The molecule has 0 saturated carbocycles. The van der Waals surface area contributed by atoms with E-state index in [1.54, 1.807) is 29.0 Å². The molecule has 7 nitrogen and oxygen atoms in total. The summed E-state index contributed by atoms with van der Waals surface area (Å²) in [6.07, 6.45) is 5.23. The Bertz CT molecular complexity index is 787. The lowest BCUT2D eigenvalue weighted by Gasteiger charge is -2.30. The van der Waals surface area contributed by atoms with Crippen LogP contribution >= 0.6 is 0 Å². The molecule has 0 aromatic carbocycles. The highest BCUT2D eigenvalue weighted by molar-refractivity contribution is 5.95. The maximum atomic E-state index is 12.9. The molecular formula is C16H19N5O2. The van der Waals surface area contributed by atoms with E-state index in [2.05, 4.69) is 20.6 Å². The Morgan fingerprint density at radius 2 is 2.09 bits per heavy atom. The van der Waals surface area contributed by atoms with E-state index in [-0.39, 0.29) is 11.5 Å². The highest BCUT2D eigenvalue weighted by atomic mass is 16.2. The molecule has 1 aliphatic rings. The molecule has 1 aliphatic heterocycles. The molecule has 0 aliphatic carbocycles. The Morgan fingerprint density at radius 1 is 1.26 bits per heavy atom. The molecule has 0 spiro atoms. The van der Waals surface area contributed by atoms with Gasteiger partial charge >= 0.3 is 0 Å². The van der Waals surface area contributed by atoms with E-state index in [1.165, 1.54) is 6.33 Å². The Hall–Kier alpha value is -2.70. The summed E-state index contributed by atoms with van der Waals surface area (Å²) in [4.78, 5) is 33.1. The van der Waals surface area contributed by atoms with Gasteiger partial charge in [0.05, 0.1) is 0 Å². The number of nitrogens with one attached hydrogen (secondary N) is 2. The van der Waals surface area contributed by atoms with E-state index < -0.39 is 5.66 Å². The first-order valence-corrected chi connectivity index (χ1v) is 7.73. The van der Waals surface area contributed by atoms with Crippen LogP contribution in [-0.4, -0.2) is 20.4 Å². The molecule has 1 amide bonds. The number of aromatic nitrogens is 3. The number of rotatable bonds is 5. The lowest BCUT2D eigenvalue weighted by molar-refractivity contribution is 0.0905. The first-order valence-electron chi connectivity index (χ1n) is 7.73. The number of fused-ring (bicyclic) bond motifs is 1. The second-order valence-electron chi connectivity index (χ2n) is 5.58. The Labute approximate surface area is 133 Å². The fraction of sp³-hybridized carbons (Fsp3) is 0.375. The SMILES string of the molecule is CCCC1(CC)NC(=O)c2ccc(Nc3ccncn3)c(=O)n21. The molecule has 3 rings (SSSR count).